The SMILES string of the molecule is Cc1cnn(CCC(=O)N(C)Cc2cnc3ccccn23)c1. The molecule has 3 aromatic heterocycles. The number of hydrogen-bond donors (Lipinski definition) is 0. The van der Waals surface area contributed by atoms with Gasteiger partial charge >= 0.3 is 0 Å². The second-order valence-corrected chi connectivity index (χ2v) is 5.46. The Morgan fingerprint density at radius 3 is 2.95 bits per heavy atom. The summed E-state index contributed by atoms with van der Waals surface area (Å²) in [6.45, 7) is 3.13. The van der Waals surface area contributed by atoms with Crippen LogP contribution in [-0.4, -0.2) is 37.0 Å². The monoisotopic (exact) mass is 297 g/mol. The lowest BCUT2D eigenvalue weighted by atomic mass is 10.3. The standard InChI is InChI=1S/C16H19N5O/c1-13-9-18-20(11-13)8-6-16(22)19(2)12-14-10-17-15-5-3-4-7-21(14)15/h3-5,7,9-11H,6,8,12H2,1-2H3. The average Bonchev–Trinajstić information content (AvgIpc) is 3.12. The summed E-state index contributed by atoms with van der Waals surface area (Å²) in [6.07, 6.45) is 7.96. The van der Waals surface area contributed by atoms with Gasteiger partial charge in [0.05, 0.1) is 24.6 Å². The predicted molar refractivity (Wildman–Crippen MR) is 83.2 cm³/mol. The molecule has 1 amide bonds. The molecule has 0 saturated heterocycles. The highest BCUT2D eigenvalue weighted by Crippen LogP contribution is 2.09. The van der Waals surface area contributed by atoms with Crippen LogP contribution in [0.25, 0.3) is 5.65 Å². The van der Waals surface area contributed by atoms with E-state index in [2.05, 4.69) is 10.1 Å². The van der Waals surface area contributed by atoms with Crippen LogP contribution in [-0.2, 0) is 17.9 Å². The minimum absolute atomic E-state index is 0.0963. The molecule has 0 aliphatic carbocycles. The van der Waals surface area contributed by atoms with Crippen molar-refractivity contribution in [3.63, 3.8) is 0 Å². The molecule has 6 heteroatoms. The summed E-state index contributed by atoms with van der Waals surface area (Å²) in [5.74, 6) is 0.0963. The minimum Gasteiger partial charge on any atom is -0.340 e. The molecule has 0 aliphatic rings. The molecule has 0 atom stereocenters. The average molecular weight is 297 g/mol. The van der Waals surface area contributed by atoms with Crippen LogP contribution in [0, 0.1) is 6.92 Å². The van der Waals surface area contributed by atoms with Crippen LogP contribution in [0.3, 0.4) is 0 Å². The predicted octanol–water partition coefficient (Wildman–Crippen LogP) is 1.89. The first-order valence-corrected chi connectivity index (χ1v) is 7.27. The summed E-state index contributed by atoms with van der Waals surface area (Å²) in [4.78, 5) is 18.3. The Balaban J connectivity index is 1.61. The Hall–Kier alpha value is -2.63. The van der Waals surface area contributed by atoms with Crippen molar-refractivity contribution in [1.29, 1.82) is 0 Å². The fourth-order valence-electron chi connectivity index (χ4n) is 2.42. The molecule has 6 nitrogen and oxygen atoms in total. The smallest absolute Gasteiger partial charge is 0.224 e. The second kappa shape index (κ2) is 6.01. The normalized spacial score (nSPS) is 11.0. The number of fused-ring (bicyclic) bond motifs is 1. The fourth-order valence-corrected chi connectivity index (χ4v) is 2.42. The zero-order chi connectivity index (χ0) is 15.5. The molecule has 3 aromatic rings. The van der Waals surface area contributed by atoms with Crippen molar-refractivity contribution in [2.24, 2.45) is 0 Å². The number of aryl methyl sites for hydroxylation is 2. The molecule has 0 unspecified atom stereocenters. The highest BCUT2D eigenvalue weighted by Gasteiger charge is 2.12. The Morgan fingerprint density at radius 2 is 2.18 bits per heavy atom. The van der Waals surface area contributed by atoms with Crippen LogP contribution in [0.15, 0.2) is 43.0 Å². The molecule has 22 heavy (non-hydrogen) atoms. The number of nitrogens with zero attached hydrogens (tertiary/aromatic N) is 5. The Kier molecular flexibility index (Phi) is 3.91. The third kappa shape index (κ3) is 3.00. The van der Waals surface area contributed by atoms with Gasteiger partial charge in [-0.2, -0.15) is 5.10 Å². The van der Waals surface area contributed by atoms with Gasteiger partial charge in [0, 0.05) is 32.4 Å². The van der Waals surface area contributed by atoms with E-state index in [-0.39, 0.29) is 5.91 Å². The molecule has 0 fully saturated rings. The molecule has 0 spiro atoms. The van der Waals surface area contributed by atoms with E-state index >= 15 is 0 Å². The van der Waals surface area contributed by atoms with Gasteiger partial charge in [0.15, 0.2) is 0 Å². The van der Waals surface area contributed by atoms with E-state index in [1.54, 1.807) is 15.8 Å². The van der Waals surface area contributed by atoms with Crippen molar-refractivity contribution in [3.8, 4) is 0 Å². The largest absolute Gasteiger partial charge is 0.340 e. The molecule has 3 rings (SSSR count). The zero-order valence-electron chi connectivity index (χ0n) is 12.8. The van der Waals surface area contributed by atoms with Crippen molar-refractivity contribution < 1.29 is 4.79 Å². The third-order valence-electron chi connectivity index (χ3n) is 3.64. The molecular formula is C16H19N5O. The van der Waals surface area contributed by atoms with Gasteiger partial charge in [-0.05, 0) is 24.6 Å². The van der Waals surface area contributed by atoms with Gasteiger partial charge in [-0.3, -0.25) is 9.48 Å². The maximum atomic E-state index is 12.2. The van der Waals surface area contributed by atoms with Gasteiger partial charge in [-0.15, -0.1) is 0 Å². The molecule has 3 heterocycles. The lowest BCUT2D eigenvalue weighted by molar-refractivity contribution is -0.130. The zero-order valence-corrected chi connectivity index (χ0v) is 12.8. The van der Waals surface area contributed by atoms with Crippen molar-refractivity contribution in [2.45, 2.75) is 26.4 Å². The van der Waals surface area contributed by atoms with Gasteiger partial charge in [0.25, 0.3) is 0 Å². The first-order chi connectivity index (χ1) is 10.6. The van der Waals surface area contributed by atoms with Crippen LogP contribution < -0.4 is 0 Å². The number of carbonyl (C=O) groups is 1. The number of pyridine rings is 1. The number of carbonyl (C=O) groups excluding carboxylic acids is 1. The van der Waals surface area contributed by atoms with E-state index in [4.69, 9.17) is 0 Å². The summed E-state index contributed by atoms with van der Waals surface area (Å²) in [5.41, 5.74) is 3.00. The number of rotatable bonds is 5. The fraction of sp³-hybridized carbons (Fsp3) is 0.312. The first kappa shape index (κ1) is 14.3. The molecule has 0 aromatic carbocycles. The number of imidazole rings is 1. The van der Waals surface area contributed by atoms with Gasteiger partial charge < -0.3 is 9.30 Å². The maximum Gasteiger partial charge on any atom is 0.224 e. The quantitative estimate of drug-likeness (QED) is 0.722. The lowest BCUT2D eigenvalue weighted by Crippen LogP contribution is -2.27. The van der Waals surface area contributed by atoms with Crippen molar-refractivity contribution in [1.82, 2.24) is 24.1 Å². The second-order valence-electron chi connectivity index (χ2n) is 5.46. The third-order valence-corrected chi connectivity index (χ3v) is 3.64. The van der Waals surface area contributed by atoms with Crippen molar-refractivity contribution in [2.75, 3.05) is 7.05 Å². The molecular weight excluding hydrogens is 278 g/mol. The van der Waals surface area contributed by atoms with Crippen molar-refractivity contribution >= 4 is 11.6 Å². The summed E-state index contributed by atoms with van der Waals surface area (Å²) in [7, 11) is 1.82. The summed E-state index contributed by atoms with van der Waals surface area (Å²) < 4.78 is 3.80. The van der Waals surface area contributed by atoms with Crippen LogP contribution in [0.1, 0.15) is 17.7 Å². The molecule has 0 N–H and O–H groups in total. The summed E-state index contributed by atoms with van der Waals surface area (Å²) in [6, 6.07) is 5.86. The lowest BCUT2D eigenvalue weighted by Gasteiger charge is -2.17. The Labute approximate surface area is 129 Å². The topological polar surface area (TPSA) is 55.4 Å². The van der Waals surface area contributed by atoms with Crippen LogP contribution >= 0.6 is 0 Å². The highest BCUT2D eigenvalue weighted by atomic mass is 16.2. The van der Waals surface area contributed by atoms with Gasteiger partial charge in [-0.1, -0.05) is 6.07 Å². The van der Waals surface area contributed by atoms with E-state index < -0.39 is 0 Å². The molecule has 114 valence electrons. The molecule has 0 aliphatic heterocycles. The van der Waals surface area contributed by atoms with Crippen molar-refractivity contribution in [3.05, 3.63) is 54.2 Å². The maximum absolute atomic E-state index is 12.2. The van der Waals surface area contributed by atoms with E-state index in [1.807, 2.05) is 55.2 Å². The Bertz CT molecular complexity index is 789. The number of aromatic nitrogens is 4. The van der Waals surface area contributed by atoms with E-state index in [9.17, 15) is 4.79 Å². The highest BCUT2D eigenvalue weighted by molar-refractivity contribution is 5.75. The van der Waals surface area contributed by atoms with Gasteiger partial charge in [0.1, 0.15) is 5.65 Å². The van der Waals surface area contributed by atoms with Crippen LogP contribution in [0.4, 0.5) is 0 Å². The molecule has 0 bridgehead atoms. The van der Waals surface area contributed by atoms with E-state index in [0.717, 1.165) is 16.9 Å². The van der Waals surface area contributed by atoms with E-state index in [0.29, 0.717) is 19.5 Å². The number of amides is 1. The van der Waals surface area contributed by atoms with E-state index in [1.165, 1.54) is 0 Å². The van der Waals surface area contributed by atoms with Gasteiger partial charge in [-0.25, -0.2) is 4.98 Å². The summed E-state index contributed by atoms with van der Waals surface area (Å²) in [5, 5.41) is 4.20. The van der Waals surface area contributed by atoms with Gasteiger partial charge in [0.2, 0.25) is 5.91 Å². The first-order valence-electron chi connectivity index (χ1n) is 7.27. The Morgan fingerprint density at radius 1 is 1.32 bits per heavy atom. The summed E-state index contributed by atoms with van der Waals surface area (Å²) >= 11 is 0. The molecule has 0 saturated carbocycles. The van der Waals surface area contributed by atoms with Crippen LogP contribution in [0.5, 0.6) is 0 Å². The molecule has 0 radical (unpaired) electrons. The number of hydrogen-bond acceptors (Lipinski definition) is 3. The minimum atomic E-state index is 0.0963. The van der Waals surface area contributed by atoms with Crippen LogP contribution in [0.2, 0.25) is 0 Å².